The van der Waals surface area contributed by atoms with Crippen molar-refractivity contribution >= 4 is 16.9 Å². The first-order valence-electron chi connectivity index (χ1n) is 7.57. The lowest BCUT2D eigenvalue weighted by Crippen LogP contribution is -2.11. The number of hydrogen-bond acceptors (Lipinski definition) is 4. The number of nitrogens with zero attached hydrogens (tertiary/aromatic N) is 2. The highest BCUT2D eigenvalue weighted by atomic mass is 16.5. The molecule has 0 fully saturated rings. The molecule has 0 amide bonds. The average Bonchev–Trinajstić information content (AvgIpc) is 3.03. The van der Waals surface area contributed by atoms with E-state index in [4.69, 9.17) is 9.47 Å². The Balaban J connectivity index is 1.73. The lowest BCUT2D eigenvalue weighted by molar-refractivity contribution is 0.0964. The van der Waals surface area contributed by atoms with Crippen molar-refractivity contribution in [1.82, 2.24) is 9.55 Å². The smallest absolute Gasteiger partial charge is 0.263 e. The average molecular weight is 310 g/mol. The maximum absolute atomic E-state index is 12.6. The molecule has 3 rings (SSSR count). The largest absolute Gasteiger partial charge is 0.491 e. The first-order valence-corrected chi connectivity index (χ1v) is 7.57. The Hall–Kier alpha value is -2.66. The van der Waals surface area contributed by atoms with E-state index in [0.717, 1.165) is 16.8 Å². The topological polar surface area (TPSA) is 53.4 Å². The van der Waals surface area contributed by atoms with Gasteiger partial charge in [-0.25, -0.2) is 4.98 Å². The standard InChI is InChI=1S/C18H18N2O3/c1-2-22-11-12-23-15-9-7-14(8-10-15)18(21)20-13-19-16-5-3-4-6-17(16)20/h3-10,13H,2,11-12H2,1H3. The Labute approximate surface area is 134 Å². The molecular formula is C18H18N2O3. The number of aromatic nitrogens is 2. The summed E-state index contributed by atoms with van der Waals surface area (Å²) < 4.78 is 12.3. The number of rotatable bonds is 6. The summed E-state index contributed by atoms with van der Waals surface area (Å²) in [5.41, 5.74) is 2.19. The Kier molecular flexibility index (Phi) is 4.68. The zero-order valence-corrected chi connectivity index (χ0v) is 12.9. The van der Waals surface area contributed by atoms with Gasteiger partial charge >= 0.3 is 0 Å². The Bertz CT molecular complexity index is 793. The summed E-state index contributed by atoms with van der Waals surface area (Å²) in [6.07, 6.45) is 1.56. The van der Waals surface area contributed by atoms with Crippen LogP contribution in [0.4, 0.5) is 0 Å². The van der Waals surface area contributed by atoms with Gasteiger partial charge in [0.2, 0.25) is 0 Å². The number of fused-ring (bicyclic) bond motifs is 1. The predicted octanol–water partition coefficient (Wildman–Crippen LogP) is 3.14. The van der Waals surface area contributed by atoms with E-state index in [2.05, 4.69) is 4.98 Å². The van der Waals surface area contributed by atoms with Crippen molar-refractivity contribution in [1.29, 1.82) is 0 Å². The molecule has 0 radical (unpaired) electrons. The van der Waals surface area contributed by atoms with Crippen molar-refractivity contribution in [2.45, 2.75) is 6.92 Å². The van der Waals surface area contributed by atoms with E-state index in [1.807, 2.05) is 31.2 Å². The van der Waals surface area contributed by atoms with Crippen LogP contribution in [0.15, 0.2) is 54.9 Å². The minimum Gasteiger partial charge on any atom is -0.491 e. The molecule has 0 aliphatic rings. The highest BCUT2D eigenvalue weighted by molar-refractivity contribution is 6.01. The molecule has 0 unspecified atom stereocenters. The number of hydrogen-bond donors (Lipinski definition) is 0. The van der Waals surface area contributed by atoms with E-state index in [1.165, 1.54) is 0 Å². The van der Waals surface area contributed by atoms with Gasteiger partial charge in [-0.3, -0.25) is 9.36 Å². The number of imidazole rings is 1. The van der Waals surface area contributed by atoms with Crippen molar-refractivity contribution in [3.8, 4) is 5.75 Å². The van der Waals surface area contributed by atoms with Crippen molar-refractivity contribution in [3.05, 3.63) is 60.4 Å². The minimum atomic E-state index is -0.112. The summed E-state index contributed by atoms with van der Waals surface area (Å²) >= 11 is 0. The lowest BCUT2D eigenvalue weighted by Gasteiger charge is -2.07. The predicted molar refractivity (Wildman–Crippen MR) is 87.9 cm³/mol. The van der Waals surface area contributed by atoms with Crippen molar-refractivity contribution in [3.63, 3.8) is 0 Å². The van der Waals surface area contributed by atoms with Gasteiger partial charge in [0, 0.05) is 12.2 Å². The van der Waals surface area contributed by atoms with E-state index < -0.39 is 0 Å². The summed E-state index contributed by atoms with van der Waals surface area (Å²) in [5, 5.41) is 0. The maximum Gasteiger partial charge on any atom is 0.263 e. The Morgan fingerprint density at radius 3 is 2.65 bits per heavy atom. The van der Waals surface area contributed by atoms with E-state index in [9.17, 15) is 4.79 Å². The van der Waals surface area contributed by atoms with E-state index >= 15 is 0 Å². The fourth-order valence-corrected chi connectivity index (χ4v) is 2.32. The van der Waals surface area contributed by atoms with Crippen LogP contribution in [0.3, 0.4) is 0 Å². The van der Waals surface area contributed by atoms with Gasteiger partial charge in [0.25, 0.3) is 5.91 Å². The van der Waals surface area contributed by atoms with E-state index in [-0.39, 0.29) is 5.91 Å². The van der Waals surface area contributed by atoms with Crippen LogP contribution in [0.1, 0.15) is 17.3 Å². The zero-order valence-electron chi connectivity index (χ0n) is 12.9. The number of carbonyl (C=O) groups excluding carboxylic acids is 1. The third-order valence-electron chi connectivity index (χ3n) is 3.47. The van der Waals surface area contributed by atoms with E-state index in [0.29, 0.717) is 25.4 Å². The van der Waals surface area contributed by atoms with Gasteiger partial charge in [0.1, 0.15) is 18.7 Å². The quantitative estimate of drug-likeness (QED) is 0.656. The second kappa shape index (κ2) is 7.07. The Morgan fingerprint density at radius 1 is 1.09 bits per heavy atom. The molecule has 118 valence electrons. The molecule has 0 saturated carbocycles. The summed E-state index contributed by atoms with van der Waals surface area (Å²) in [6.45, 7) is 3.67. The van der Waals surface area contributed by atoms with Crippen LogP contribution < -0.4 is 4.74 Å². The highest BCUT2D eigenvalue weighted by Gasteiger charge is 2.12. The molecule has 0 aliphatic heterocycles. The molecule has 0 spiro atoms. The molecule has 0 aliphatic carbocycles. The van der Waals surface area contributed by atoms with Gasteiger partial charge in [0.15, 0.2) is 0 Å². The molecule has 2 aromatic carbocycles. The first kappa shape index (κ1) is 15.2. The van der Waals surface area contributed by atoms with E-state index in [1.54, 1.807) is 35.2 Å². The van der Waals surface area contributed by atoms with Gasteiger partial charge in [-0.15, -0.1) is 0 Å². The maximum atomic E-state index is 12.6. The molecular weight excluding hydrogens is 292 g/mol. The number of para-hydroxylation sites is 2. The van der Waals surface area contributed by atoms with Gasteiger partial charge in [-0.05, 0) is 43.3 Å². The van der Waals surface area contributed by atoms with Crippen LogP contribution in [-0.2, 0) is 4.74 Å². The number of benzene rings is 2. The summed E-state index contributed by atoms with van der Waals surface area (Å²) in [6, 6.07) is 14.7. The van der Waals surface area contributed by atoms with Gasteiger partial charge < -0.3 is 9.47 Å². The highest BCUT2D eigenvalue weighted by Crippen LogP contribution is 2.17. The molecule has 0 atom stereocenters. The molecule has 0 saturated heterocycles. The summed E-state index contributed by atoms with van der Waals surface area (Å²) in [7, 11) is 0. The summed E-state index contributed by atoms with van der Waals surface area (Å²) in [4.78, 5) is 16.8. The molecule has 5 nitrogen and oxygen atoms in total. The second-order valence-corrected chi connectivity index (χ2v) is 4.98. The van der Waals surface area contributed by atoms with Crippen LogP contribution in [0, 0.1) is 0 Å². The Morgan fingerprint density at radius 2 is 1.87 bits per heavy atom. The fraction of sp³-hybridized carbons (Fsp3) is 0.222. The van der Waals surface area contributed by atoms with Crippen LogP contribution in [0.25, 0.3) is 11.0 Å². The van der Waals surface area contributed by atoms with Crippen LogP contribution in [0.2, 0.25) is 0 Å². The van der Waals surface area contributed by atoms with Crippen LogP contribution in [-0.4, -0.2) is 35.3 Å². The normalized spacial score (nSPS) is 10.8. The lowest BCUT2D eigenvalue weighted by atomic mass is 10.2. The molecule has 1 aromatic heterocycles. The molecule has 0 bridgehead atoms. The third-order valence-corrected chi connectivity index (χ3v) is 3.47. The molecule has 1 heterocycles. The third kappa shape index (κ3) is 3.40. The fourth-order valence-electron chi connectivity index (χ4n) is 2.32. The zero-order chi connectivity index (χ0) is 16.1. The minimum absolute atomic E-state index is 0.112. The molecule has 0 N–H and O–H groups in total. The van der Waals surface area contributed by atoms with Crippen LogP contribution in [0.5, 0.6) is 5.75 Å². The number of ether oxygens (including phenoxy) is 2. The molecule has 23 heavy (non-hydrogen) atoms. The summed E-state index contributed by atoms with van der Waals surface area (Å²) in [5.74, 6) is 0.608. The number of carbonyl (C=O) groups is 1. The van der Waals surface area contributed by atoms with Gasteiger partial charge in [-0.1, -0.05) is 12.1 Å². The first-order chi connectivity index (χ1) is 11.3. The van der Waals surface area contributed by atoms with Gasteiger partial charge in [-0.2, -0.15) is 0 Å². The van der Waals surface area contributed by atoms with Crippen molar-refractivity contribution in [2.75, 3.05) is 19.8 Å². The monoisotopic (exact) mass is 310 g/mol. The van der Waals surface area contributed by atoms with Gasteiger partial charge in [0.05, 0.1) is 17.6 Å². The SMILES string of the molecule is CCOCCOc1ccc(C(=O)n2cnc3ccccc32)cc1. The van der Waals surface area contributed by atoms with Crippen LogP contribution >= 0.6 is 0 Å². The molecule has 3 aromatic rings. The van der Waals surface area contributed by atoms with Crippen molar-refractivity contribution < 1.29 is 14.3 Å². The van der Waals surface area contributed by atoms with Crippen molar-refractivity contribution in [2.24, 2.45) is 0 Å². The molecule has 5 heteroatoms. The second-order valence-electron chi connectivity index (χ2n) is 4.98.